The van der Waals surface area contributed by atoms with Crippen LogP contribution in [0.3, 0.4) is 0 Å². The Morgan fingerprint density at radius 3 is 2.90 bits per heavy atom. The van der Waals surface area contributed by atoms with Gasteiger partial charge in [0.1, 0.15) is 0 Å². The van der Waals surface area contributed by atoms with Gasteiger partial charge in [0.2, 0.25) is 0 Å². The lowest BCUT2D eigenvalue weighted by molar-refractivity contribution is 0.179. The van der Waals surface area contributed by atoms with Gasteiger partial charge in [-0.1, -0.05) is 5.16 Å². The van der Waals surface area contributed by atoms with E-state index in [9.17, 15) is 13.2 Å². The topological polar surface area (TPSA) is 92.5 Å². The summed E-state index contributed by atoms with van der Waals surface area (Å²) < 4.78 is 28.2. The molecular formula is C13H19N3O4S. The second-order valence-electron chi connectivity index (χ2n) is 5.77. The maximum absolute atomic E-state index is 12.4. The fourth-order valence-electron chi connectivity index (χ4n) is 3.01. The van der Waals surface area contributed by atoms with E-state index in [-0.39, 0.29) is 29.6 Å². The highest BCUT2D eigenvalue weighted by Crippen LogP contribution is 2.32. The molecule has 0 saturated carbocycles. The third kappa shape index (κ3) is 3.04. The lowest BCUT2D eigenvalue weighted by Crippen LogP contribution is -2.44. The number of amides is 2. The second-order valence-corrected chi connectivity index (χ2v) is 8.00. The van der Waals surface area contributed by atoms with Crippen LogP contribution in [0.5, 0.6) is 0 Å². The van der Waals surface area contributed by atoms with Crippen molar-refractivity contribution in [1.29, 1.82) is 0 Å². The molecule has 21 heavy (non-hydrogen) atoms. The number of rotatable bonds is 2. The first-order valence-corrected chi connectivity index (χ1v) is 8.97. The van der Waals surface area contributed by atoms with Gasteiger partial charge in [-0.05, 0) is 26.2 Å². The normalized spacial score (nSPS) is 28.0. The monoisotopic (exact) mass is 313 g/mol. The first-order chi connectivity index (χ1) is 9.94. The number of likely N-dealkylation sites (tertiary alicyclic amines) is 1. The zero-order chi connectivity index (χ0) is 15.0. The third-order valence-corrected chi connectivity index (χ3v) is 5.82. The summed E-state index contributed by atoms with van der Waals surface area (Å²) in [6.45, 7) is 2.49. The molecule has 2 aliphatic heterocycles. The van der Waals surface area contributed by atoms with Crippen molar-refractivity contribution in [2.24, 2.45) is 0 Å². The largest absolute Gasteiger partial charge is 0.359 e. The molecule has 1 aromatic heterocycles. The van der Waals surface area contributed by atoms with E-state index in [4.69, 9.17) is 4.52 Å². The van der Waals surface area contributed by atoms with Crippen molar-refractivity contribution in [3.05, 3.63) is 17.5 Å². The molecule has 0 aliphatic carbocycles. The molecule has 2 atom stereocenters. The Morgan fingerprint density at radius 2 is 2.29 bits per heavy atom. The number of sulfone groups is 1. The molecule has 7 nitrogen and oxygen atoms in total. The number of nitrogens with zero attached hydrogens (tertiary/aromatic N) is 2. The summed E-state index contributed by atoms with van der Waals surface area (Å²) in [6, 6.07) is 1.24. The van der Waals surface area contributed by atoms with Gasteiger partial charge in [0.15, 0.2) is 15.6 Å². The number of hydrogen-bond donors (Lipinski definition) is 1. The molecule has 0 bridgehead atoms. The van der Waals surface area contributed by atoms with Crippen LogP contribution in [0, 0.1) is 6.92 Å². The highest BCUT2D eigenvalue weighted by Gasteiger charge is 2.35. The van der Waals surface area contributed by atoms with E-state index in [1.807, 2.05) is 13.0 Å². The maximum atomic E-state index is 12.4. The predicted octanol–water partition coefficient (Wildman–Crippen LogP) is 1.02. The Balaban J connectivity index is 1.66. The molecule has 1 N–H and O–H groups in total. The maximum Gasteiger partial charge on any atom is 0.318 e. The second kappa shape index (κ2) is 5.32. The molecule has 2 aliphatic rings. The standard InChI is InChI=1S/C13H19N3O4S/c1-9-7-12(20-15-9)11-3-2-5-16(11)13(17)14-10-4-6-21(18,19)8-10/h7,10-11H,2-6,8H2,1H3,(H,14,17)/t10-,11-/m1/s1. The molecule has 3 heterocycles. The van der Waals surface area contributed by atoms with Crippen LogP contribution in [0.4, 0.5) is 4.79 Å². The van der Waals surface area contributed by atoms with E-state index in [1.165, 1.54) is 0 Å². The number of aromatic nitrogens is 1. The molecule has 8 heteroatoms. The van der Waals surface area contributed by atoms with Gasteiger partial charge in [0.25, 0.3) is 0 Å². The summed E-state index contributed by atoms with van der Waals surface area (Å²) in [5, 5.41) is 6.69. The van der Waals surface area contributed by atoms with E-state index in [0.717, 1.165) is 18.5 Å². The molecule has 3 rings (SSSR count). The van der Waals surface area contributed by atoms with Crippen molar-refractivity contribution in [3.63, 3.8) is 0 Å². The van der Waals surface area contributed by atoms with Gasteiger partial charge in [-0.15, -0.1) is 0 Å². The van der Waals surface area contributed by atoms with Crippen LogP contribution in [0.15, 0.2) is 10.6 Å². The van der Waals surface area contributed by atoms with Crippen molar-refractivity contribution in [2.45, 2.75) is 38.3 Å². The van der Waals surface area contributed by atoms with E-state index < -0.39 is 9.84 Å². The van der Waals surface area contributed by atoms with Gasteiger partial charge in [0.05, 0.1) is 23.2 Å². The summed E-state index contributed by atoms with van der Waals surface area (Å²) in [6.07, 6.45) is 2.24. The molecule has 116 valence electrons. The van der Waals surface area contributed by atoms with Gasteiger partial charge in [-0.3, -0.25) is 0 Å². The Morgan fingerprint density at radius 1 is 1.48 bits per heavy atom. The zero-order valence-corrected chi connectivity index (χ0v) is 12.7. The quantitative estimate of drug-likeness (QED) is 0.880. The van der Waals surface area contributed by atoms with Gasteiger partial charge in [-0.25, -0.2) is 13.2 Å². The van der Waals surface area contributed by atoms with Crippen LogP contribution < -0.4 is 5.32 Å². The summed E-state index contributed by atoms with van der Waals surface area (Å²) >= 11 is 0. The van der Waals surface area contributed by atoms with Crippen LogP contribution in [-0.2, 0) is 9.84 Å². The number of aryl methyl sites for hydroxylation is 1. The molecule has 2 fully saturated rings. The van der Waals surface area contributed by atoms with E-state index >= 15 is 0 Å². The third-order valence-electron chi connectivity index (χ3n) is 4.05. The van der Waals surface area contributed by atoms with Crippen LogP contribution in [0.1, 0.15) is 36.8 Å². The minimum atomic E-state index is -2.99. The number of nitrogens with one attached hydrogen (secondary N) is 1. The molecule has 0 spiro atoms. The minimum absolute atomic E-state index is 0.0403. The summed E-state index contributed by atoms with van der Waals surface area (Å²) in [4.78, 5) is 14.1. The van der Waals surface area contributed by atoms with Crippen molar-refractivity contribution in [1.82, 2.24) is 15.4 Å². The predicted molar refractivity (Wildman–Crippen MR) is 75.5 cm³/mol. The van der Waals surface area contributed by atoms with E-state index in [0.29, 0.717) is 18.7 Å². The van der Waals surface area contributed by atoms with Crippen molar-refractivity contribution >= 4 is 15.9 Å². The number of carbonyl (C=O) groups is 1. The first kappa shape index (κ1) is 14.4. The van der Waals surface area contributed by atoms with Crippen molar-refractivity contribution < 1.29 is 17.7 Å². The highest BCUT2D eigenvalue weighted by molar-refractivity contribution is 7.91. The molecule has 0 unspecified atom stereocenters. The summed E-state index contributed by atoms with van der Waals surface area (Å²) in [5.74, 6) is 0.889. The fourth-order valence-corrected chi connectivity index (χ4v) is 4.69. The van der Waals surface area contributed by atoms with Gasteiger partial charge in [0, 0.05) is 18.7 Å². The smallest absolute Gasteiger partial charge is 0.318 e. The van der Waals surface area contributed by atoms with Crippen LogP contribution >= 0.6 is 0 Å². The highest BCUT2D eigenvalue weighted by atomic mass is 32.2. The molecule has 2 amide bonds. The Bertz CT molecular complexity index is 640. The molecule has 0 aromatic carbocycles. The van der Waals surface area contributed by atoms with Gasteiger partial charge in [-0.2, -0.15) is 0 Å². The van der Waals surface area contributed by atoms with E-state index in [1.54, 1.807) is 4.90 Å². The zero-order valence-electron chi connectivity index (χ0n) is 11.9. The molecule has 1 aromatic rings. The average molecular weight is 313 g/mol. The van der Waals surface area contributed by atoms with Crippen LogP contribution in [-0.4, -0.2) is 48.6 Å². The number of carbonyl (C=O) groups excluding carboxylic acids is 1. The van der Waals surface area contributed by atoms with Crippen LogP contribution in [0.2, 0.25) is 0 Å². The minimum Gasteiger partial charge on any atom is -0.359 e. The fraction of sp³-hybridized carbons (Fsp3) is 0.692. The van der Waals surface area contributed by atoms with Crippen molar-refractivity contribution in [2.75, 3.05) is 18.1 Å². The van der Waals surface area contributed by atoms with Gasteiger partial charge < -0.3 is 14.7 Å². The molecule has 2 saturated heterocycles. The average Bonchev–Trinajstić information content (AvgIpc) is 3.09. The Labute approximate surface area is 123 Å². The number of urea groups is 1. The molecular weight excluding hydrogens is 294 g/mol. The SMILES string of the molecule is Cc1cc([C@H]2CCCN2C(=O)N[C@@H]2CCS(=O)(=O)C2)on1. The summed E-state index contributed by atoms with van der Waals surface area (Å²) in [5.41, 5.74) is 0.791. The Hall–Kier alpha value is -1.57. The first-order valence-electron chi connectivity index (χ1n) is 7.15. The Kier molecular flexibility index (Phi) is 3.64. The lowest BCUT2D eigenvalue weighted by Gasteiger charge is -2.24. The van der Waals surface area contributed by atoms with E-state index in [2.05, 4.69) is 10.5 Å². The van der Waals surface area contributed by atoms with Gasteiger partial charge >= 0.3 is 6.03 Å². The summed E-state index contributed by atoms with van der Waals surface area (Å²) in [7, 11) is -2.99. The lowest BCUT2D eigenvalue weighted by atomic mass is 10.1. The van der Waals surface area contributed by atoms with Crippen LogP contribution in [0.25, 0.3) is 0 Å². The van der Waals surface area contributed by atoms with Crippen molar-refractivity contribution in [3.8, 4) is 0 Å². The number of hydrogen-bond acceptors (Lipinski definition) is 5. The molecule has 0 radical (unpaired) electrons.